The van der Waals surface area contributed by atoms with Crippen LogP contribution in [0.3, 0.4) is 0 Å². The summed E-state index contributed by atoms with van der Waals surface area (Å²) in [6.07, 6.45) is 0. The van der Waals surface area contributed by atoms with Gasteiger partial charge in [-0.3, -0.25) is 0 Å². The minimum atomic E-state index is 1.10. The Morgan fingerprint density at radius 2 is 0.865 bits per heavy atom. The molecule has 0 N–H and O–H groups in total. The van der Waals surface area contributed by atoms with Crippen LogP contribution in [0.25, 0.3) is 60.9 Å². The summed E-state index contributed by atoms with van der Waals surface area (Å²) in [5.74, 6) is 0. The molecule has 1 aromatic heterocycles. The Morgan fingerprint density at radius 3 is 1.54 bits per heavy atom. The van der Waals surface area contributed by atoms with Crippen LogP contribution in [0.1, 0.15) is 11.1 Å². The minimum absolute atomic E-state index is 1.10. The van der Waals surface area contributed by atoms with Crippen molar-refractivity contribution in [2.24, 2.45) is 0 Å². The van der Waals surface area contributed by atoms with Crippen LogP contribution in [-0.4, -0.2) is 4.57 Å². The maximum atomic E-state index is 2.41. The Morgan fingerprint density at radius 1 is 0.365 bits per heavy atom. The van der Waals surface area contributed by atoms with Crippen molar-refractivity contribution in [3.8, 4) is 39.1 Å². The van der Waals surface area contributed by atoms with Crippen LogP contribution in [0, 0.1) is 13.8 Å². The number of aromatic nitrogens is 1. The van der Waals surface area contributed by atoms with Crippen LogP contribution in [0.2, 0.25) is 0 Å². The highest BCUT2D eigenvalue weighted by molar-refractivity contribution is 6.10. The molecule has 0 bridgehead atoms. The molecule has 0 unspecified atom stereocenters. The van der Waals surface area contributed by atoms with Crippen LogP contribution in [0.15, 0.2) is 194 Å². The van der Waals surface area contributed by atoms with Gasteiger partial charge in [0.2, 0.25) is 0 Å². The van der Waals surface area contributed by atoms with Crippen LogP contribution >= 0.6 is 0 Å². The molecule has 0 spiro atoms. The number of hydrogen-bond donors (Lipinski definition) is 0. The lowest BCUT2D eigenvalue weighted by Gasteiger charge is -2.28. The second-order valence-electron chi connectivity index (χ2n) is 13.6. The second-order valence-corrected chi connectivity index (χ2v) is 13.6. The highest BCUT2D eigenvalue weighted by atomic mass is 15.1. The third-order valence-corrected chi connectivity index (χ3v) is 10.1. The first kappa shape index (κ1) is 31.3. The molecule has 0 atom stereocenters. The number of anilines is 3. The lowest BCUT2D eigenvalue weighted by Crippen LogP contribution is -2.11. The Kier molecular flexibility index (Phi) is 7.98. The number of fused-ring (bicyclic) bond motifs is 3. The molecule has 0 saturated heterocycles. The first-order valence-electron chi connectivity index (χ1n) is 17.9. The molecule has 0 aliphatic rings. The summed E-state index contributed by atoms with van der Waals surface area (Å²) in [6, 6.07) is 70.3. The van der Waals surface area contributed by atoms with Gasteiger partial charge in [0, 0.05) is 33.4 Å². The third-order valence-electron chi connectivity index (χ3n) is 10.1. The number of rotatable bonds is 7. The van der Waals surface area contributed by atoms with E-state index in [1.165, 1.54) is 72.0 Å². The Labute approximate surface area is 305 Å². The molecule has 0 fully saturated rings. The van der Waals surface area contributed by atoms with Crippen molar-refractivity contribution < 1.29 is 0 Å². The SMILES string of the molecule is Cc1cc(C)cc(-n2c3ccccc3c3cc(-c4ccc(N(c5ccc(-c6ccccc6)cc5)c5ccccc5-c5ccccc5)cc4)ccc32)c1. The normalized spacial score (nSPS) is 11.3. The number of nitrogens with zero attached hydrogens (tertiary/aromatic N) is 2. The summed E-state index contributed by atoms with van der Waals surface area (Å²) in [4.78, 5) is 2.38. The van der Waals surface area contributed by atoms with E-state index in [2.05, 4.69) is 217 Å². The van der Waals surface area contributed by atoms with E-state index in [-0.39, 0.29) is 0 Å². The van der Waals surface area contributed by atoms with Crippen LogP contribution in [0.4, 0.5) is 17.1 Å². The summed E-state index contributed by atoms with van der Waals surface area (Å²) in [7, 11) is 0. The van der Waals surface area contributed by atoms with Gasteiger partial charge >= 0.3 is 0 Å². The van der Waals surface area contributed by atoms with E-state index < -0.39 is 0 Å². The van der Waals surface area contributed by atoms with E-state index in [0.717, 1.165) is 17.1 Å². The van der Waals surface area contributed by atoms with E-state index in [4.69, 9.17) is 0 Å². The van der Waals surface area contributed by atoms with Crippen molar-refractivity contribution in [3.63, 3.8) is 0 Å². The molecule has 0 radical (unpaired) electrons. The summed E-state index contributed by atoms with van der Waals surface area (Å²) in [6.45, 7) is 4.35. The van der Waals surface area contributed by atoms with Gasteiger partial charge in [-0.15, -0.1) is 0 Å². The van der Waals surface area contributed by atoms with Crippen LogP contribution in [0.5, 0.6) is 0 Å². The van der Waals surface area contributed by atoms with E-state index in [1.54, 1.807) is 0 Å². The minimum Gasteiger partial charge on any atom is -0.310 e. The highest BCUT2D eigenvalue weighted by Crippen LogP contribution is 2.42. The van der Waals surface area contributed by atoms with Crippen LogP contribution in [-0.2, 0) is 0 Å². The molecule has 1 heterocycles. The molecular formula is C50H38N2. The molecule has 248 valence electrons. The van der Waals surface area contributed by atoms with E-state index in [0.29, 0.717) is 0 Å². The molecule has 0 aliphatic heterocycles. The van der Waals surface area contributed by atoms with Crippen LogP contribution < -0.4 is 4.90 Å². The van der Waals surface area contributed by atoms with Crippen molar-refractivity contribution in [3.05, 3.63) is 205 Å². The predicted molar refractivity (Wildman–Crippen MR) is 221 cm³/mol. The predicted octanol–water partition coefficient (Wildman–Crippen LogP) is 13.9. The smallest absolute Gasteiger partial charge is 0.0541 e. The molecule has 2 heteroatoms. The zero-order valence-electron chi connectivity index (χ0n) is 29.4. The van der Waals surface area contributed by atoms with Gasteiger partial charge in [-0.05, 0) is 113 Å². The van der Waals surface area contributed by atoms with Gasteiger partial charge < -0.3 is 9.47 Å². The monoisotopic (exact) mass is 666 g/mol. The fourth-order valence-electron chi connectivity index (χ4n) is 7.70. The van der Waals surface area contributed by atoms with Gasteiger partial charge in [0.25, 0.3) is 0 Å². The zero-order chi connectivity index (χ0) is 35.0. The van der Waals surface area contributed by atoms with Crippen molar-refractivity contribution in [1.82, 2.24) is 4.57 Å². The van der Waals surface area contributed by atoms with E-state index in [9.17, 15) is 0 Å². The topological polar surface area (TPSA) is 8.17 Å². The van der Waals surface area contributed by atoms with Gasteiger partial charge in [0.05, 0.1) is 16.7 Å². The van der Waals surface area contributed by atoms with E-state index >= 15 is 0 Å². The fraction of sp³-hybridized carbons (Fsp3) is 0.0400. The largest absolute Gasteiger partial charge is 0.310 e. The van der Waals surface area contributed by atoms with Gasteiger partial charge in [-0.25, -0.2) is 0 Å². The molecule has 52 heavy (non-hydrogen) atoms. The van der Waals surface area contributed by atoms with Gasteiger partial charge in [-0.2, -0.15) is 0 Å². The zero-order valence-corrected chi connectivity index (χ0v) is 29.4. The average molecular weight is 667 g/mol. The summed E-state index contributed by atoms with van der Waals surface area (Å²) < 4.78 is 2.41. The Balaban J connectivity index is 1.14. The van der Waals surface area contributed by atoms with Crippen molar-refractivity contribution in [2.45, 2.75) is 13.8 Å². The summed E-state index contributed by atoms with van der Waals surface area (Å²) in [5, 5.41) is 2.52. The molecular weight excluding hydrogens is 629 g/mol. The molecule has 9 rings (SSSR count). The third kappa shape index (κ3) is 5.75. The second kappa shape index (κ2) is 13.2. The van der Waals surface area contributed by atoms with Gasteiger partial charge in [0.1, 0.15) is 0 Å². The molecule has 0 saturated carbocycles. The first-order chi connectivity index (χ1) is 25.6. The lowest BCUT2D eigenvalue weighted by molar-refractivity contribution is 1.16. The maximum absolute atomic E-state index is 2.41. The molecule has 0 amide bonds. The number of benzene rings is 8. The Bertz CT molecular complexity index is 2650. The van der Waals surface area contributed by atoms with Crippen molar-refractivity contribution in [2.75, 3.05) is 4.90 Å². The summed E-state index contributed by atoms with van der Waals surface area (Å²) in [5.41, 5.74) is 16.7. The molecule has 2 nitrogen and oxygen atoms in total. The average Bonchev–Trinajstić information content (AvgIpc) is 3.53. The first-order valence-corrected chi connectivity index (χ1v) is 17.9. The number of hydrogen-bond acceptors (Lipinski definition) is 1. The Hall–Kier alpha value is -6.64. The highest BCUT2D eigenvalue weighted by Gasteiger charge is 2.18. The summed E-state index contributed by atoms with van der Waals surface area (Å²) >= 11 is 0. The molecule has 9 aromatic rings. The standard InChI is InChI=1S/C50H38N2/c1-35-31-36(2)33-44(32-35)52-49-20-12-10-18-46(49)47-34-41(25-30-50(47)52)39-23-28-43(29-24-39)51(42-26-21-38(22-27-42)37-13-5-3-6-14-37)48-19-11-9-17-45(48)40-15-7-4-8-16-40/h3-34H,1-2H3. The molecule has 8 aromatic carbocycles. The van der Waals surface area contributed by atoms with E-state index in [1.807, 2.05) is 0 Å². The van der Waals surface area contributed by atoms with Gasteiger partial charge in [0.15, 0.2) is 0 Å². The fourth-order valence-corrected chi connectivity index (χ4v) is 7.70. The van der Waals surface area contributed by atoms with Gasteiger partial charge in [-0.1, -0.05) is 133 Å². The van der Waals surface area contributed by atoms with Crippen molar-refractivity contribution in [1.29, 1.82) is 0 Å². The lowest BCUT2D eigenvalue weighted by atomic mass is 10.00. The maximum Gasteiger partial charge on any atom is 0.0541 e. The number of para-hydroxylation sites is 2. The quantitative estimate of drug-likeness (QED) is 0.164. The number of aryl methyl sites for hydroxylation is 2. The van der Waals surface area contributed by atoms with Crippen molar-refractivity contribution >= 4 is 38.9 Å². The molecule has 0 aliphatic carbocycles.